The molecule has 96 valence electrons. The van der Waals surface area contributed by atoms with Crippen molar-refractivity contribution in [2.24, 2.45) is 0 Å². The maximum Gasteiger partial charge on any atom is 0.119 e. The molecule has 0 bridgehead atoms. The first-order chi connectivity index (χ1) is 8.33. The molecular weight excluding hydrogens is 214 g/mol. The van der Waals surface area contributed by atoms with Crippen molar-refractivity contribution in [1.29, 1.82) is 0 Å². The molecule has 0 aliphatic carbocycles. The molecule has 0 unspecified atom stereocenters. The highest BCUT2D eigenvalue weighted by molar-refractivity contribution is 5.27. The number of aryl methyl sites for hydroxylation is 1. The average molecular weight is 237 g/mol. The molecule has 1 N–H and O–H groups in total. The van der Waals surface area contributed by atoms with E-state index in [0.717, 1.165) is 38.5 Å². The highest BCUT2D eigenvalue weighted by atomic mass is 16.5. The molecule has 3 heteroatoms. The summed E-state index contributed by atoms with van der Waals surface area (Å²) < 4.78 is 11.0. The van der Waals surface area contributed by atoms with Crippen molar-refractivity contribution >= 4 is 0 Å². The quantitative estimate of drug-likeness (QED) is 0.669. The number of hydrogen-bond donors (Lipinski definition) is 1. The lowest BCUT2D eigenvalue weighted by Gasteiger charge is -2.08. The van der Waals surface area contributed by atoms with Crippen molar-refractivity contribution in [3.8, 4) is 5.75 Å². The van der Waals surface area contributed by atoms with Gasteiger partial charge in [0.05, 0.1) is 6.61 Å². The van der Waals surface area contributed by atoms with Crippen molar-refractivity contribution < 1.29 is 9.47 Å². The predicted octanol–water partition coefficient (Wildman–Crippen LogP) is 2.39. The van der Waals surface area contributed by atoms with Gasteiger partial charge in [0.1, 0.15) is 12.4 Å². The fraction of sp³-hybridized carbons (Fsp3) is 0.571. The first-order valence-corrected chi connectivity index (χ1v) is 6.31. The van der Waals surface area contributed by atoms with Crippen LogP contribution in [0, 0.1) is 6.92 Å². The molecule has 0 aliphatic rings. The molecule has 0 spiro atoms. The van der Waals surface area contributed by atoms with Gasteiger partial charge in [-0.2, -0.15) is 0 Å². The summed E-state index contributed by atoms with van der Waals surface area (Å²) in [6, 6.07) is 8.11. The van der Waals surface area contributed by atoms with E-state index in [-0.39, 0.29) is 0 Å². The minimum Gasteiger partial charge on any atom is -0.492 e. The van der Waals surface area contributed by atoms with E-state index in [1.165, 1.54) is 5.56 Å². The van der Waals surface area contributed by atoms with Gasteiger partial charge in [-0.15, -0.1) is 0 Å². The Hall–Kier alpha value is -1.06. The molecule has 0 saturated heterocycles. The fourth-order valence-electron chi connectivity index (χ4n) is 1.46. The summed E-state index contributed by atoms with van der Waals surface area (Å²) in [6.07, 6.45) is 1.08. The first kappa shape index (κ1) is 14.0. The number of nitrogens with one attached hydrogen (secondary N) is 1. The van der Waals surface area contributed by atoms with Crippen molar-refractivity contribution in [2.75, 3.05) is 32.9 Å². The zero-order valence-electron chi connectivity index (χ0n) is 10.9. The molecule has 0 radical (unpaired) electrons. The van der Waals surface area contributed by atoms with Gasteiger partial charge in [0.25, 0.3) is 0 Å². The molecule has 1 aromatic carbocycles. The summed E-state index contributed by atoms with van der Waals surface area (Å²) in [4.78, 5) is 0. The molecule has 1 rings (SSSR count). The van der Waals surface area contributed by atoms with E-state index in [2.05, 4.69) is 25.2 Å². The smallest absolute Gasteiger partial charge is 0.119 e. The molecule has 1 aromatic rings. The van der Waals surface area contributed by atoms with E-state index in [1.54, 1.807) is 0 Å². The Bertz CT molecular complexity index is 302. The Morgan fingerprint density at radius 3 is 2.71 bits per heavy atom. The second-order valence-electron chi connectivity index (χ2n) is 4.03. The number of benzene rings is 1. The lowest BCUT2D eigenvalue weighted by atomic mass is 10.2. The van der Waals surface area contributed by atoms with Gasteiger partial charge in [-0.3, -0.25) is 0 Å². The van der Waals surface area contributed by atoms with Crippen molar-refractivity contribution in [3.63, 3.8) is 0 Å². The van der Waals surface area contributed by atoms with Gasteiger partial charge >= 0.3 is 0 Å². The van der Waals surface area contributed by atoms with Gasteiger partial charge in [-0.25, -0.2) is 0 Å². The predicted molar refractivity (Wildman–Crippen MR) is 70.7 cm³/mol. The Kier molecular flexibility index (Phi) is 7.43. The summed E-state index contributed by atoms with van der Waals surface area (Å²) in [5.41, 5.74) is 1.23. The minimum absolute atomic E-state index is 0.692. The van der Waals surface area contributed by atoms with Gasteiger partial charge < -0.3 is 14.8 Å². The third-order valence-electron chi connectivity index (χ3n) is 2.31. The molecular formula is C14H23NO2. The Morgan fingerprint density at radius 2 is 1.94 bits per heavy atom. The van der Waals surface area contributed by atoms with Crippen LogP contribution < -0.4 is 10.1 Å². The molecule has 0 fully saturated rings. The summed E-state index contributed by atoms with van der Waals surface area (Å²) in [5.74, 6) is 0.939. The second-order valence-corrected chi connectivity index (χ2v) is 4.03. The van der Waals surface area contributed by atoms with Crippen molar-refractivity contribution in [1.82, 2.24) is 5.32 Å². The van der Waals surface area contributed by atoms with Crippen LogP contribution in [0.15, 0.2) is 24.3 Å². The van der Waals surface area contributed by atoms with Crippen LogP contribution in [0.2, 0.25) is 0 Å². The minimum atomic E-state index is 0.692. The van der Waals surface area contributed by atoms with E-state index in [9.17, 15) is 0 Å². The van der Waals surface area contributed by atoms with Crippen LogP contribution >= 0.6 is 0 Å². The van der Waals surface area contributed by atoms with Gasteiger partial charge in [0.2, 0.25) is 0 Å². The Labute approximate surface area is 104 Å². The maximum atomic E-state index is 5.61. The van der Waals surface area contributed by atoms with E-state index in [1.807, 2.05) is 18.2 Å². The zero-order valence-corrected chi connectivity index (χ0v) is 10.9. The molecule has 3 nitrogen and oxygen atoms in total. The van der Waals surface area contributed by atoms with E-state index in [0.29, 0.717) is 6.61 Å². The first-order valence-electron chi connectivity index (χ1n) is 6.31. The summed E-state index contributed by atoms with van der Waals surface area (Å²) >= 11 is 0. The van der Waals surface area contributed by atoms with Crippen LogP contribution in [-0.2, 0) is 4.74 Å². The molecule has 0 amide bonds. The third kappa shape index (κ3) is 6.97. The zero-order chi connectivity index (χ0) is 12.3. The number of rotatable bonds is 9. The van der Waals surface area contributed by atoms with E-state index < -0.39 is 0 Å². The Balaban J connectivity index is 1.97. The molecule has 17 heavy (non-hydrogen) atoms. The SMILES string of the molecule is CCCOCCNCCOc1cccc(C)c1. The molecule has 0 heterocycles. The summed E-state index contributed by atoms with van der Waals surface area (Å²) in [7, 11) is 0. The largest absolute Gasteiger partial charge is 0.492 e. The highest BCUT2D eigenvalue weighted by Crippen LogP contribution is 2.11. The lowest BCUT2D eigenvalue weighted by molar-refractivity contribution is 0.135. The van der Waals surface area contributed by atoms with Gasteiger partial charge in [0.15, 0.2) is 0 Å². The van der Waals surface area contributed by atoms with Crippen LogP contribution in [0.1, 0.15) is 18.9 Å². The number of hydrogen-bond acceptors (Lipinski definition) is 3. The van der Waals surface area contributed by atoms with Gasteiger partial charge in [0, 0.05) is 19.7 Å². The van der Waals surface area contributed by atoms with Gasteiger partial charge in [-0.05, 0) is 31.0 Å². The monoisotopic (exact) mass is 237 g/mol. The standard InChI is InChI=1S/C14H23NO2/c1-3-9-16-10-7-15-8-11-17-14-6-4-5-13(2)12-14/h4-6,12,15H,3,7-11H2,1-2H3. The van der Waals surface area contributed by atoms with Crippen LogP contribution in [0.3, 0.4) is 0 Å². The molecule has 0 atom stereocenters. The topological polar surface area (TPSA) is 30.5 Å². The summed E-state index contributed by atoms with van der Waals surface area (Å²) in [5, 5.41) is 3.28. The van der Waals surface area contributed by atoms with E-state index in [4.69, 9.17) is 9.47 Å². The lowest BCUT2D eigenvalue weighted by Crippen LogP contribution is -2.25. The molecule has 0 aliphatic heterocycles. The van der Waals surface area contributed by atoms with Crippen LogP contribution in [-0.4, -0.2) is 32.9 Å². The number of ether oxygens (including phenoxy) is 2. The van der Waals surface area contributed by atoms with Gasteiger partial charge in [-0.1, -0.05) is 19.1 Å². The van der Waals surface area contributed by atoms with Crippen molar-refractivity contribution in [3.05, 3.63) is 29.8 Å². The maximum absolute atomic E-state index is 5.61. The van der Waals surface area contributed by atoms with Crippen LogP contribution in [0.25, 0.3) is 0 Å². The fourth-order valence-corrected chi connectivity index (χ4v) is 1.46. The second kappa shape index (κ2) is 9.02. The third-order valence-corrected chi connectivity index (χ3v) is 2.31. The van der Waals surface area contributed by atoms with Crippen LogP contribution in [0.4, 0.5) is 0 Å². The average Bonchev–Trinajstić information content (AvgIpc) is 2.33. The molecule has 0 saturated carbocycles. The Morgan fingerprint density at radius 1 is 1.12 bits per heavy atom. The summed E-state index contributed by atoms with van der Waals surface area (Å²) in [6.45, 7) is 8.23. The highest BCUT2D eigenvalue weighted by Gasteiger charge is 1.93. The molecule has 0 aromatic heterocycles. The van der Waals surface area contributed by atoms with Crippen LogP contribution in [0.5, 0.6) is 5.75 Å². The normalized spacial score (nSPS) is 10.5. The van der Waals surface area contributed by atoms with Crippen molar-refractivity contribution in [2.45, 2.75) is 20.3 Å². The van der Waals surface area contributed by atoms with E-state index >= 15 is 0 Å².